The highest BCUT2D eigenvalue weighted by atomic mass is 35.5. The summed E-state index contributed by atoms with van der Waals surface area (Å²) in [5, 5.41) is 0.661. The molecular formula is C19H17ClO. The molecule has 0 saturated heterocycles. The van der Waals surface area contributed by atoms with Crippen LogP contribution in [0, 0.1) is 5.92 Å². The second kappa shape index (κ2) is 6.28. The van der Waals surface area contributed by atoms with E-state index in [9.17, 15) is 4.79 Å². The minimum Gasteiger partial charge on any atom is -0.293 e. The van der Waals surface area contributed by atoms with E-state index >= 15 is 0 Å². The van der Waals surface area contributed by atoms with Crippen molar-refractivity contribution in [2.75, 3.05) is 0 Å². The van der Waals surface area contributed by atoms with Crippen LogP contribution in [0.25, 0.3) is 5.57 Å². The summed E-state index contributed by atoms with van der Waals surface area (Å²) in [5.74, 6) is 0.156. The molecule has 0 aromatic heterocycles. The van der Waals surface area contributed by atoms with Crippen LogP contribution >= 0.6 is 11.6 Å². The number of carbonyl (C=O) groups excluding carboxylic acids is 1. The number of hydrogen-bond acceptors (Lipinski definition) is 1. The molecule has 0 heterocycles. The maximum absolute atomic E-state index is 12.8. The van der Waals surface area contributed by atoms with Gasteiger partial charge in [-0.3, -0.25) is 4.79 Å². The van der Waals surface area contributed by atoms with Crippen molar-refractivity contribution >= 4 is 23.0 Å². The fourth-order valence-electron chi connectivity index (χ4n) is 2.91. The average molecular weight is 297 g/mol. The van der Waals surface area contributed by atoms with Gasteiger partial charge in [0.1, 0.15) is 0 Å². The Morgan fingerprint density at radius 1 is 1.00 bits per heavy atom. The van der Waals surface area contributed by atoms with Gasteiger partial charge in [0.15, 0.2) is 5.78 Å². The van der Waals surface area contributed by atoms with Crippen molar-refractivity contribution in [3.63, 3.8) is 0 Å². The third kappa shape index (κ3) is 3.08. The van der Waals surface area contributed by atoms with Gasteiger partial charge in [-0.15, -0.1) is 0 Å². The van der Waals surface area contributed by atoms with Gasteiger partial charge in [-0.25, -0.2) is 0 Å². The van der Waals surface area contributed by atoms with Gasteiger partial charge >= 0.3 is 0 Å². The molecule has 106 valence electrons. The summed E-state index contributed by atoms with van der Waals surface area (Å²) in [6, 6.07) is 17.4. The van der Waals surface area contributed by atoms with Gasteiger partial charge in [-0.05, 0) is 54.7 Å². The van der Waals surface area contributed by atoms with E-state index in [0.717, 1.165) is 30.4 Å². The Hall–Kier alpha value is -1.86. The van der Waals surface area contributed by atoms with Crippen LogP contribution < -0.4 is 0 Å². The Morgan fingerprint density at radius 2 is 1.71 bits per heavy atom. The Morgan fingerprint density at radius 3 is 2.43 bits per heavy atom. The molecule has 1 unspecified atom stereocenters. The van der Waals surface area contributed by atoms with Crippen LogP contribution in [0.4, 0.5) is 0 Å². The van der Waals surface area contributed by atoms with Crippen LogP contribution in [-0.4, -0.2) is 5.78 Å². The number of benzene rings is 2. The first-order valence-electron chi connectivity index (χ1n) is 7.31. The summed E-state index contributed by atoms with van der Waals surface area (Å²) in [6.07, 6.45) is 5.26. The van der Waals surface area contributed by atoms with E-state index in [4.69, 9.17) is 11.6 Å². The number of hydrogen-bond donors (Lipinski definition) is 0. The monoisotopic (exact) mass is 296 g/mol. The molecule has 0 fully saturated rings. The van der Waals surface area contributed by atoms with Crippen molar-refractivity contribution in [1.29, 1.82) is 0 Å². The lowest BCUT2D eigenvalue weighted by Gasteiger charge is -2.23. The zero-order chi connectivity index (χ0) is 14.7. The highest BCUT2D eigenvalue weighted by Crippen LogP contribution is 2.34. The summed E-state index contributed by atoms with van der Waals surface area (Å²) in [5.41, 5.74) is 3.07. The van der Waals surface area contributed by atoms with E-state index in [-0.39, 0.29) is 11.7 Å². The number of Topliss-reactive ketones (excluding diaryl/α,β-unsaturated/α-hetero) is 1. The van der Waals surface area contributed by atoms with Crippen LogP contribution in [0.5, 0.6) is 0 Å². The van der Waals surface area contributed by atoms with Gasteiger partial charge in [-0.1, -0.05) is 48.0 Å². The minimum atomic E-state index is -0.0395. The van der Waals surface area contributed by atoms with Gasteiger partial charge < -0.3 is 0 Å². The predicted molar refractivity (Wildman–Crippen MR) is 87.5 cm³/mol. The summed E-state index contributed by atoms with van der Waals surface area (Å²) in [7, 11) is 0. The Balaban J connectivity index is 1.92. The van der Waals surface area contributed by atoms with E-state index in [2.05, 4.69) is 18.2 Å². The van der Waals surface area contributed by atoms with Crippen molar-refractivity contribution < 1.29 is 4.79 Å². The van der Waals surface area contributed by atoms with Crippen molar-refractivity contribution in [3.8, 4) is 0 Å². The minimum absolute atomic E-state index is 0.0395. The van der Waals surface area contributed by atoms with Gasteiger partial charge in [0.05, 0.1) is 0 Å². The fraction of sp³-hybridized carbons (Fsp3) is 0.211. The number of allylic oxidation sites excluding steroid dienone is 2. The van der Waals surface area contributed by atoms with Crippen LogP contribution in [0.1, 0.15) is 35.2 Å². The predicted octanol–water partition coefficient (Wildman–Crippen LogP) is 5.41. The van der Waals surface area contributed by atoms with E-state index in [0.29, 0.717) is 5.02 Å². The molecule has 1 nitrogen and oxygen atoms in total. The quantitative estimate of drug-likeness (QED) is 0.692. The fourth-order valence-corrected chi connectivity index (χ4v) is 3.04. The lowest BCUT2D eigenvalue weighted by molar-refractivity contribution is 0.0942. The van der Waals surface area contributed by atoms with Gasteiger partial charge in [0, 0.05) is 16.5 Å². The lowest BCUT2D eigenvalue weighted by atomic mass is 9.79. The summed E-state index contributed by atoms with van der Waals surface area (Å²) < 4.78 is 0. The van der Waals surface area contributed by atoms with Crippen LogP contribution in [0.2, 0.25) is 5.02 Å². The molecule has 2 aromatic carbocycles. The maximum Gasteiger partial charge on any atom is 0.170 e. The zero-order valence-electron chi connectivity index (χ0n) is 11.8. The molecule has 1 aliphatic rings. The van der Waals surface area contributed by atoms with Crippen molar-refractivity contribution in [2.24, 2.45) is 5.92 Å². The molecule has 0 amide bonds. The van der Waals surface area contributed by atoms with E-state index in [1.54, 1.807) is 12.1 Å². The summed E-state index contributed by atoms with van der Waals surface area (Å²) in [4.78, 5) is 12.8. The first kappa shape index (κ1) is 14.1. The number of rotatable bonds is 3. The van der Waals surface area contributed by atoms with Crippen molar-refractivity contribution in [1.82, 2.24) is 0 Å². The van der Waals surface area contributed by atoms with E-state index < -0.39 is 0 Å². The molecule has 0 radical (unpaired) electrons. The molecule has 2 aromatic rings. The van der Waals surface area contributed by atoms with Gasteiger partial charge in [-0.2, -0.15) is 0 Å². The van der Waals surface area contributed by atoms with Crippen molar-refractivity contribution in [3.05, 3.63) is 76.8 Å². The second-order valence-corrected chi connectivity index (χ2v) is 5.82. The second-order valence-electron chi connectivity index (χ2n) is 5.38. The Labute approximate surface area is 130 Å². The highest BCUT2D eigenvalue weighted by Gasteiger charge is 2.26. The Kier molecular flexibility index (Phi) is 4.21. The molecule has 0 N–H and O–H groups in total. The standard InChI is InChI=1S/C19H17ClO/c20-16-12-10-15(11-13-16)19(21)18-9-5-4-8-17(18)14-6-2-1-3-7-14/h1-3,6-8,10-13,18H,4-5,9H2. The van der Waals surface area contributed by atoms with Crippen LogP contribution in [0.15, 0.2) is 60.7 Å². The van der Waals surface area contributed by atoms with Crippen LogP contribution in [-0.2, 0) is 0 Å². The van der Waals surface area contributed by atoms with Gasteiger partial charge in [0.25, 0.3) is 0 Å². The molecular weight excluding hydrogens is 280 g/mol. The topological polar surface area (TPSA) is 17.1 Å². The smallest absolute Gasteiger partial charge is 0.170 e. The molecule has 0 spiro atoms. The number of halogens is 1. The van der Waals surface area contributed by atoms with Crippen LogP contribution in [0.3, 0.4) is 0 Å². The lowest BCUT2D eigenvalue weighted by Crippen LogP contribution is -2.19. The van der Waals surface area contributed by atoms with Gasteiger partial charge in [0.2, 0.25) is 0 Å². The SMILES string of the molecule is O=C(c1ccc(Cl)cc1)C1CCCC=C1c1ccccc1. The third-order valence-corrected chi connectivity index (χ3v) is 4.24. The van der Waals surface area contributed by atoms with Crippen molar-refractivity contribution in [2.45, 2.75) is 19.3 Å². The number of ketones is 1. The zero-order valence-corrected chi connectivity index (χ0v) is 12.5. The largest absolute Gasteiger partial charge is 0.293 e. The highest BCUT2D eigenvalue weighted by molar-refractivity contribution is 6.30. The molecule has 0 saturated carbocycles. The first-order valence-corrected chi connectivity index (χ1v) is 7.69. The molecule has 1 atom stereocenters. The third-order valence-electron chi connectivity index (χ3n) is 3.99. The average Bonchev–Trinajstić information content (AvgIpc) is 2.56. The maximum atomic E-state index is 12.8. The Bertz CT molecular complexity index is 656. The molecule has 1 aliphatic carbocycles. The number of carbonyl (C=O) groups is 1. The first-order chi connectivity index (χ1) is 10.3. The molecule has 21 heavy (non-hydrogen) atoms. The van der Waals surface area contributed by atoms with E-state index in [1.165, 1.54) is 5.57 Å². The molecule has 0 aliphatic heterocycles. The summed E-state index contributed by atoms with van der Waals surface area (Å²) >= 11 is 5.90. The normalized spacial score (nSPS) is 18.1. The van der Waals surface area contributed by atoms with E-state index in [1.807, 2.05) is 30.3 Å². The molecule has 2 heteroatoms. The molecule has 0 bridgehead atoms. The summed E-state index contributed by atoms with van der Waals surface area (Å²) in [6.45, 7) is 0. The molecule has 3 rings (SSSR count).